The fourth-order valence-corrected chi connectivity index (χ4v) is 3.16. The molecule has 1 heterocycles. The molecule has 2 aromatic carbocycles. The van der Waals surface area contributed by atoms with Crippen LogP contribution in [0.25, 0.3) is 11.1 Å². The van der Waals surface area contributed by atoms with Gasteiger partial charge in [0.1, 0.15) is 5.52 Å². The van der Waals surface area contributed by atoms with E-state index in [9.17, 15) is 4.79 Å². The third-order valence-electron chi connectivity index (χ3n) is 3.60. The van der Waals surface area contributed by atoms with Gasteiger partial charge in [-0.2, -0.15) is 0 Å². The van der Waals surface area contributed by atoms with Crippen molar-refractivity contribution in [1.29, 1.82) is 0 Å². The van der Waals surface area contributed by atoms with Crippen molar-refractivity contribution in [2.45, 2.75) is 37.8 Å². The molecule has 0 aliphatic heterocycles. The second-order valence-electron chi connectivity index (χ2n) is 6.02. The lowest BCUT2D eigenvalue weighted by atomic mass is 10.1. The van der Waals surface area contributed by atoms with Crippen LogP contribution in [0.1, 0.15) is 35.3 Å². The molecule has 1 aromatic heterocycles. The highest BCUT2D eigenvalue weighted by Crippen LogP contribution is 2.27. The first kappa shape index (κ1) is 16.6. The van der Waals surface area contributed by atoms with E-state index in [1.807, 2.05) is 63.2 Å². The molecule has 0 atom stereocenters. The molecule has 124 valence electrons. The molecule has 4 nitrogen and oxygen atoms in total. The van der Waals surface area contributed by atoms with Gasteiger partial charge < -0.3 is 9.73 Å². The smallest absolute Gasteiger partial charge is 0.257 e. The van der Waals surface area contributed by atoms with Gasteiger partial charge in [-0.25, -0.2) is 4.98 Å². The second-order valence-corrected chi connectivity index (χ2v) is 6.94. The Morgan fingerprint density at radius 2 is 1.96 bits per heavy atom. The Morgan fingerprint density at radius 3 is 2.62 bits per heavy atom. The van der Waals surface area contributed by atoms with Crippen molar-refractivity contribution in [3.8, 4) is 0 Å². The number of benzene rings is 2. The summed E-state index contributed by atoms with van der Waals surface area (Å²) in [4.78, 5) is 16.5. The highest BCUT2D eigenvalue weighted by molar-refractivity contribution is 7.98. The summed E-state index contributed by atoms with van der Waals surface area (Å²) in [6.07, 6.45) is 0. The van der Waals surface area contributed by atoms with E-state index in [1.165, 1.54) is 0 Å². The summed E-state index contributed by atoms with van der Waals surface area (Å²) >= 11 is 1.55. The Kier molecular flexibility index (Phi) is 4.90. The van der Waals surface area contributed by atoms with Crippen molar-refractivity contribution < 1.29 is 9.21 Å². The second kappa shape index (κ2) is 7.09. The van der Waals surface area contributed by atoms with Crippen molar-refractivity contribution in [1.82, 2.24) is 10.3 Å². The number of amides is 1. The summed E-state index contributed by atoms with van der Waals surface area (Å²) in [5.74, 6) is 0.705. The van der Waals surface area contributed by atoms with Gasteiger partial charge in [-0.1, -0.05) is 36.0 Å². The van der Waals surface area contributed by atoms with E-state index >= 15 is 0 Å². The lowest BCUT2D eigenvalue weighted by Gasteiger charge is -2.08. The van der Waals surface area contributed by atoms with Gasteiger partial charge in [0.15, 0.2) is 5.58 Å². The van der Waals surface area contributed by atoms with Crippen LogP contribution in [0.5, 0.6) is 0 Å². The van der Waals surface area contributed by atoms with Crippen molar-refractivity contribution in [3.05, 3.63) is 59.2 Å². The number of hydrogen-bond acceptors (Lipinski definition) is 4. The number of para-hydroxylation sites is 1. The van der Waals surface area contributed by atoms with Gasteiger partial charge >= 0.3 is 0 Å². The van der Waals surface area contributed by atoms with E-state index in [4.69, 9.17) is 4.42 Å². The predicted octanol–water partition coefficient (Wildman–Crippen LogP) is 4.57. The normalized spacial score (nSPS) is 11.2. The highest BCUT2D eigenvalue weighted by atomic mass is 32.2. The molecule has 0 saturated carbocycles. The van der Waals surface area contributed by atoms with Gasteiger partial charge in [0, 0.05) is 17.4 Å². The van der Waals surface area contributed by atoms with E-state index in [0.29, 0.717) is 10.8 Å². The fourth-order valence-electron chi connectivity index (χ4n) is 2.37. The molecule has 0 radical (unpaired) electrons. The van der Waals surface area contributed by atoms with E-state index in [0.717, 1.165) is 28.0 Å². The molecule has 3 rings (SSSR count). The number of carbonyl (C=O) groups is 1. The topological polar surface area (TPSA) is 55.1 Å². The Bertz CT molecular complexity index is 853. The minimum atomic E-state index is -0.0429. The van der Waals surface area contributed by atoms with Crippen molar-refractivity contribution in [3.63, 3.8) is 0 Å². The van der Waals surface area contributed by atoms with Crippen molar-refractivity contribution in [2.24, 2.45) is 0 Å². The molecule has 0 saturated heterocycles. The van der Waals surface area contributed by atoms with Gasteiger partial charge in [-0.15, -0.1) is 0 Å². The van der Waals surface area contributed by atoms with E-state index < -0.39 is 0 Å². The third-order valence-corrected chi connectivity index (χ3v) is 4.50. The first-order chi connectivity index (χ1) is 11.5. The average Bonchev–Trinajstić information content (AvgIpc) is 2.97. The maximum Gasteiger partial charge on any atom is 0.257 e. The lowest BCUT2D eigenvalue weighted by molar-refractivity contribution is 0.0943. The summed E-state index contributed by atoms with van der Waals surface area (Å²) < 4.78 is 5.76. The van der Waals surface area contributed by atoms with Crippen LogP contribution in [0.2, 0.25) is 0 Å². The number of nitrogens with one attached hydrogen (secondary N) is 1. The largest absolute Gasteiger partial charge is 0.431 e. The summed E-state index contributed by atoms with van der Waals surface area (Å²) in [6, 6.07) is 13.7. The van der Waals surface area contributed by atoms with Crippen LogP contribution in [0.15, 0.2) is 52.1 Å². The molecule has 0 aliphatic rings. The number of rotatable bonds is 5. The van der Waals surface area contributed by atoms with Crippen LogP contribution in [0.4, 0.5) is 0 Å². The first-order valence-corrected chi connectivity index (χ1v) is 8.90. The van der Waals surface area contributed by atoms with E-state index in [-0.39, 0.29) is 11.9 Å². The zero-order valence-corrected chi connectivity index (χ0v) is 14.8. The Balaban J connectivity index is 1.65. The van der Waals surface area contributed by atoms with Crippen LogP contribution in [-0.2, 0) is 5.75 Å². The molecule has 1 amide bonds. The maximum absolute atomic E-state index is 11.9. The third kappa shape index (κ3) is 3.79. The number of hydrogen-bond donors (Lipinski definition) is 1. The number of fused-ring (bicyclic) bond motifs is 1. The average molecular weight is 340 g/mol. The standard InChI is InChI=1S/C19H20N2O2S/c1-12(2)20-18(22)15-9-7-14(8-10-15)11-24-19-21-17-13(3)5-4-6-16(17)23-19/h4-10,12H,11H2,1-3H3,(H,20,22). The van der Waals surface area contributed by atoms with Crippen LogP contribution >= 0.6 is 11.8 Å². The van der Waals surface area contributed by atoms with Crippen LogP contribution in [-0.4, -0.2) is 16.9 Å². The molecule has 5 heteroatoms. The van der Waals surface area contributed by atoms with Gasteiger partial charge in [-0.3, -0.25) is 4.79 Å². The van der Waals surface area contributed by atoms with Crippen LogP contribution in [0.3, 0.4) is 0 Å². The maximum atomic E-state index is 11.9. The van der Waals surface area contributed by atoms with Gasteiger partial charge in [0.2, 0.25) is 0 Å². The number of aryl methyl sites for hydroxylation is 1. The number of oxazole rings is 1. The van der Waals surface area contributed by atoms with E-state index in [2.05, 4.69) is 10.3 Å². The Morgan fingerprint density at radius 1 is 1.21 bits per heavy atom. The SMILES string of the molecule is Cc1cccc2oc(SCc3ccc(C(=O)NC(C)C)cc3)nc12. The molecule has 3 aromatic rings. The highest BCUT2D eigenvalue weighted by Gasteiger charge is 2.09. The number of thioether (sulfide) groups is 1. The first-order valence-electron chi connectivity index (χ1n) is 7.91. The fraction of sp³-hybridized carbons (Fsp3) is 0.263. The predicted molar refractivity (Wildman–Crippen MR) is 97.4 cm³/mol. The van der Waals surface area contributed by atoms with Crippen LogP contribution in [0, 0.1) is 6.92 Å². The van der Waals surface area contributed by atoms with E-state index in [1.54, 1.807) is 11.8 Å². The summed E-state index contributed by atoms with van der Waals surface area (Å²) in [6.45, 7) is 5.93. The number of carbonyl (C=O) groups excluding carboxylic acids is 1. The summed E-state index contributed by atoms with van der Waals surface area (Å²) in [5, 5.41) is 3.55. The molecule has 0 spiro atoms. The Labute approximate surface area is 145 Å². The zero-order chi connectivity index (χ0) is 17.1. The molecule has 24 heavy (non-hydrogen) atoms. The van der Waals surface area contributed by atoms with Gasteiger partial charge in [0.05, 0.1) is 0 Å². The quantitative estimate of drug-likeness (QED) is 0.691. The van der Waals surface area contributed by atoms with Crippen molar-refractivity contribution >= 4 is 28.8 Å². The van der Waals surface area contributed by atoms with Crippen LogP contribution < -0.4 is 5.32 Å². The Hall–Kier alpha value is -2.27. The molecule has 1 N–H and O–H groups in total. The lowest BCUT2D eigenvalue weighted by Crippen LogP contribution is -2.29. The van der Waals surface area contributed by atoms with Gasteiger partial charge in [-0.05, 0) is 50.1 Å². The zero-order valence-electron chi connectivity index (χ0n) is 14.0. The summed E-state index contributed by atoms with van der Waals surface area (Å²) in [7, 11) is 0. The molecule has 0 bridgehead atoms. The summed E-state index contributed by atoms with van der Waals surface area (Å²) in [5.41, 5.74) is 4.65. The molecule has 0 fully saturated rings. The van der Waals surface area contributed by atoms with Crippen molar-refractivity contribution in [2.75, 3.05) is 0 Å². The molecular formula is C19H20N2O2S. The molecular weight excluding hydrogens is 320 g/mol. The number of nitrogens with zero attached hydrogens (tertiary/aromatic N) is 1. The monoisotopic (exact) mass is 340 g/mol. The molecule has 0 unspecified atom stereocenters. The minimum Gasteiger partial charge on any atom is -0.431 e. The number of aromatic nitrogens is 1. The minimum absolute atomic E-state index is 0.0429. The molecule has 0 aliphatic carbocycles. The van der Waals surface area contributed by atoms with Gasteiger partial charge in [0.25, 0.3) is 11.1 Å².